The van der Waals surface area contributed by atoms with Crippen LogP contribution in [-0.4, -0.2) is 126 Å². The van der Waals surface area contributed by atoms with Gasteiger partial charge >= 0.3 is 5.97 Å². The highest BCUT2D eigenvalue weighted by Crippen LogP contribution is 2.39. The first-order valence-electron chi connectivity index (χ1n) is 20.9. The number of Topliss-reactive ketones (excluding diaryl/α,β-unsaturated/α-hetero) is 2. The molecule has 14 atom stereocenters. The molecule has 322 valence electrons. The first-order valence-corrected chi connectivity index (χ1v) is 20.9. The van der Waals surface area contributed by atoms with Crippen molar-refractivity contribution in [3.63, 3.8) is 0 Å². The third-order valence-electron chi connectivity index (χ3n) is 12.9. The van der Waals surface area contributed by atoms with Gasteiger partial charge in [-0.25, -0.2) is 4.79 Å². The summed E-state index contributed by atoms with van der Waals surface area (Å²) in [4.78, 5) is 57.8. The molecule has 3 fully saturated rings. The van der Waals surface area contributed by atoms with E-state index in [0.717, 1.165) is 5.57 Å². The van der Waals surface area contributed by atoms with Gasteiger partial charge in [0.1, 0.15) is 24.0 Å². The van der Waals surface area contributed by atoms with Gasteiger partial charge in [0.25, 0.3) is 11.7 Å². The molecule has 0 aromatic rings. The summed E-state index contributed by atoms with van der Waals surface area (Å²) in [5.41, 5.74) is 1.61. The number of carbonyl (C=O) groups excluding carboxylic acids is 4. The third-order valence-corrected chi connectivity index (χ3v) is 12.9. The summed E-state index contributed by atoms with van der Waals surface area (Å²) >= 11 is 0. The Kier molecular flexibility index (Phi) is 17.2. The molecular weight excluding hydrogens is 734 g/mol. The highest BCUT2D eigenvalue weighted by Gasteiger charge is 2.56. The molecule has 0 aromatic carbocycles. The normalized spacial score (nSPS) is 41.0. The van der Waals surface area contributed by atoms with Crippen LogP contribution in [0.3, 0.4) is 0 Å². The number of ether oxygens (including phenoxy) is 5. The lowest BCUT2D eigenvalue weighted by Gasteiger charge is -2.47. The first-order chi connectivity index (χ1) is 27.0. The van der Waals surface area contributed by atoms with E-state index in [1.54, 1.807) is 27.0 Å². The monoisotopic (exact) mass is 803 g/mol. The molecule has 1 saturated carbocycles. The van der Waals surface area contributed by atoms with Crippen molar-refractivity contribution in [2.24, 2.45) is 29.6 Å². The lowest BCUT2D eigenvalue weighted by atomic mass is 9.81. The van der Waals surface area contributed by atoms with E-state index in [1.165, 1.54) is 19.1 Å². The second-order valence-electron chi connectivity index (χ2n) is 17.3. The number of carbonyl (C=O) groups is 4. The molecule has 2 saturated heterocycles. The van der Waals surface area contributed by atoms with Crippen molar-refractivity contribution in [2.45, 2.75) is 160 Å². The second-order valence-corrected chi connectivity index (χ2v) is 17.3. The lowest BCUT2D eigenvalue weighted by Crippen LogP contribution is -2.64. The Morgan fingerprint density at radius 2 is 1.60 bits per heavy atom. The summed E-state index contributed by atoms with van der Waals surface area (Å²) in [5.74, 6) is -7.76. The number of hydrogen-bond donors (Lipinski definition) is 3. The number of piperidine rings is 1. The SMILES string of the molecule is C=CC[C@@H]1/C=C(\C)C[C@H](C)C[C@H](OC)[C@H]2OC(O)(C(=O)C(=O)N3CCCC[C@H]3C(=O)O[C@H](/C(C)=C/[C@@H]3CC[C@@H](O)[C@H](OC)C3)[C@H](C)[C@@H](O)CC1=O)[C@H](C)C[C@@H]2OC. The van der Waals surface area contributed by atoms with Crippen LogP contribution in [0.4, 0.5) is 0 Å². The summed E-state index contributed by atoms with van der Waals surface area (Å²) in [5, 5.41) is 34.1. The maximum atomic E-state index is 14.3. The zero-order valence-corrected chi connectivity index (χ0v) is 35.4. The molecule has 3 aliphatic heterocycles. The second kappa shape index (κ2) is 21.0. The molecule has 3 heterocycles. The summed E-state index contributed by atoms with van der Waals surface area (Å²) < 4.78 is 29.7. The fourth-order valence-corrected chi connectivity index (χ4v) is 9.42. The summed E-state index contributed by atoms with van der Waals surface area (Å²) in [6.07, 6.45) is 4.93. The van der Waals surface area contributed by atoms with Crippen LogP contribution < -0.4 is 0 Å². The maximum Gasteiger partial charge on any atom is 0.329 e. The molecule has 4 rings (SSSR count). The molecule has 0 spiro atoms. The van der Waals surface area contributed by atoms with E-state index in [2.05, 4.69) is 6.58 Å². The molecule has 1 aliphatic carbocycles. The predicted octanol–water partition coefficient (Wildman–Crippen LogP) is 4.64. The number of methoxy groups -OCH3 is 3. The minimum atomic E-state index is -2.51. The summed E-state index contributed by atoms with van der Waals surface area (Å²) in [6.45, 7) is 13.1. The number of rotatable bonds is 7. The highest BCUT2D eigenvalue weighted by molar-refractivity contribution is 6.39. The number of aliphatic hydroxyl groups is 3. The Hall–Kier alpha value is -2.78. The number of esters is 1. The summed E-state index contributed by atoms with van der Waals surface area (Å²) in [6, 6.07) is -1.14. The molecule has 13 heteroatoms. The van der Waals surface area contributed by atoms with Gasteiger partial charge in [-0.15, -0.1) is 6.58 Å². The number of hydrogen-bond acceptors (Lipinski definition) is 12. The van der Waals surface area contributed by atoms with Crippen molar-refractivity contribution >= 4 is 23.4 Å². The van der Waals surface area contributed by atoms with E-state index < -0.39 is 83.9 Å². The number of cyclic esters (lactones) is 1. The Morgan fingerprint density at radius 1 is 0.930 bits per heavy atom. The van der Waals surface area contributed by atoms with E-state index in [9.17, 15) is 34.5 Å². The van der Waals surface area contributed by atoms with Crippen molar-refractivity contribution < 1.29 is 58.2 Å². The van der Waals surface area contributed by atoms with Gasteiger partial charge < -0.3 is 43.9 Å². The summed E-state index contributed by atoms with van der Waals surface area (Å²) in [7, 11) is 4.61. The van der Waals surface area contributed by atoms with Gasteiger partial charge in [-0.3, -0.25) is 14.4 Å². The topological polar surface area (TPSA) is 178 Å². The minimum absolute atomic E-state index is 0.00988. The predicted molar refractivity (Wildman–Crippen MR) is 213 cm³/mol. The number of nitrogens with zero attached hydrogens (tertiary/aromatic N) is 1. The number of ketones is 2. The number of amides is 1. The molecule has 0 aromatic heterocycles. The Balaban J connectivity index is 1.78. The zero-order valence-electron chi connectivity index (χ0n) is 35.4. The molecule has 0 radical (unpaired) electrons. The van der Waals surface area contributed by atoms with Gasteiger partial charge in [0.2, 0.25) is 5.79 Å². The third kappa shape index (κ3) is 11.3. The maximum absolute atomic E-state index is 14.3. The van der Waals surface area contributed by atoms with Crippen LogP contribution in [0.25, 0.3) is 0 Å². The van der Waals surface area contributed by atoms with Gasteiger partial charge in [-0.2, -0.15) is 0 Å². The van der Waals surface area contributed by atoms with Crippen molar-refractivity contribution in [1.82, 2.24) is 4.90 Å². The van der Waals surface area contributed by atoms with E-state index in [0.29, 0.717) is 56.9 Å². The van der Waals surface area contributed by atoms with Gasteiger partial charge in [-0.1, -0.05) is 44.6 Å². The van der Waals surface area contributed by atoms with E-state index in [4.69, 9.17) is 23.7 Å². The van der Waals surface area contributed by atoms with Crippen molar-refractivity contribution in [2.75, 3.05) is 27.9 Å². The van der Waals surface area contributed by atoms with Crippen LogP contribution in [0.1, 0.15) is 105 Å². The molecular formula is C44H69NO12. The van der Waals surface area contributed by atoms with Gasteiger partial charge in [0.05, 0.1) is 30.5 Å². The van der Waals surface area contributed by atoms with Crippen LogP contribution in [0.15, 0.2) is 36.0 Å². The van der Waals surface area contributed by atoms with Crippen LogP contribution in [-0.2, 0) is 42.9 Å². The quantitative estimate of drug-likeness (QED) is 0.185. The van der Waals surface area contributed by atoms with E-state index in [-0.39, 0.29) is 49.5 Å². The Morgan fingerprint density at radius 3 is 2.25 bits per heavy atom. The number of allylic oxidation sites excluding steroid dienone is 4. The molecule has 1 unspecified atom stereocenters. The molecule has 13 nitrogen and oxygen atoms in total. The van der Waals surface area contributed by atoms with Crippen LogP contribution >= 0.6 is 0 Å². The van der Waals surface area contributed by atoms with Crippen LogP contribution in [0.2, 0.25) is 0 Å². The first kappa shape index (κ1) is 46.9. The standard InChI is InChI=1S/C44H69NO12/c1-10-13-31-19-25(2)18-26(3)20-37(54-8)40-38(55-9)22-28(5)44(52,57-40)41(49)42(50)45-17-12-11-14-32(45)43(51)56-39(29(6)34(47)24-35(31)48)27(4)21-30-15-16-33(46)36(23-30)53-7/h10,19,21,26,28-34,36-40,46-47,52H,1,11-18,20,22-24H2,2-9H3/b25-19+,27-21+/t26-,28+,29+,30-,31+,32-,33+,34-,36+,37-,38-,39+,40+,44?/m0/s1. The molecule has 3 N–H and O–H groups in total. The molecule has 4 aliphatic rings. The van der Waals surface area contributed by atoms with Gasteiger partial charge in [0, 0.05) is 52.0 Å². The Labute approximate surface area is 339 Å². The average Bonchev–Trinajstić information content (AvgIpc) is 3.18. The minimum Gasteiger partial charge on any atom is -0.456 e. The van der Waals surface area contributed by atoms with Crippen molar-refractivity contribution in [3.05, 3.63) is 36.0 Å². The molecule has 2 bridgehead atoms. The van der Waals surface area contributed by atoms with Gasteiger partial charge in [0.15, 0.2) is 0 Å². The van der Waals surface area contributed by atoms with E-state index >= 15 is 0 Å². The number of fused-ring (bicyclic) bond motifs is 3. The van der Waals surface area contributed by atoms with Crippen molar-refractivity contribution in [1.29, 1.82) is 0 Å². The lowest BCUT2D eigenvalue weighted by molar-refractivity contribution is -0.302. The fourth-order valence-electron chi connectivity index (χ4n) is 9.42. The van der Waals surface area contributed by atoms with Crippen LogP contribution in [0, 0.1) is 29.6 Å². The van der Waals surface area contributed by atoms with Crippen LogP contribution in [0.5, 0.6) is 0 Å². The van der Waals surface area contributed by atoms with Crippen molar-refractivity contribution in [3.8, 4) is 0 Å². The largest absolute Gasteiger partial charge is 0.456 e. The highest BCUT2D eigenvalue weighted by atomic mass is 16.7. The molecule has 1 amide bonds. The zero-order chi connectivity index (χ0) is 42.2. The van der Waals surface area contributed by atoms with E-state index in [1.807, 2.05) is 32.9 Å². The Bertz CT molecular complexity index is 1480. The molecule has 57 heavy (non-hydrogen) atoms. The average molecular weight is 804 g/mol. The smallest absolute Gasteiger partial charge is 0.329 e. The number of aliphatic hydroxyl groups excluding tert-OH is 2. The fraction of sp³-hybridized carbons (Fsp3) is 0.773. The van der Waals surface area contributed by atoms with Gasteiger partial charge in [-0.05, 0) is 95.5 Å².